The molecule has 2 aromatic rings. The van der Waals surface area contributed by atoms with Crippen LogP contribution in [0.25, 0.3) is 11.0 Å². The summed E-state index contributed by atoms with van der Waals surface area (Å²) in [6.45, 7) is 3.67. The first-order valence-corrected chi connectivity index (χ1v) is 4.71. The molecule has 0 atom stereocenters. The number of nitrogens with zero attached hydrogens (tertiary/aromatic N) is 2. The zero-order valence-electron chi connectivity index (χ0n) is 8.53. The number of methoxy groups -OCH3 is 1. The number of fused-ring (bicyclic) bond motifs is 1. The van der Waals surface area contributed by atoms with Crippen LogP contribution in [0.1, 0.15) is 5.56 Å². The normalized spacial score (nSPS) is 11.0. The molecule has 0 aliphatic rings. The minimum Gasteiger partial charge on any atom is -0.383 e. The van der Waals surface area contributed by atoms with Gasteiger partial charge in [0.15, 0.2) is 0 Å². The van der Waals surface area contributed by atoms with Crippen LogP contribution in [0.3, 0.4) is 0 Å². The van der Waals surface area contributed by atoms with E-state index in [2.05, 4.69) is 28.6 Å². The van der Waals surface area contributed by atoms with Gasteiger partial charge in [-0.05, 0) is 24.6 Å². The van der Waals surface area contributed by atoms with Crippen LogP contribution in [0, 0.1) is 6.92 Å². The Kier molecular flexibility index (Phi) is 2.50. The van der Waals surface area contributed by atoms with E-state index in [1.807, 2.05) is 12.4 Å². The maximum absolute atomic E-state index is 5.05. The Hall–Kier alpha value is -1.35. The largest absolute Gasteiger partial charge is 0.383 e. The molecule has 0 N–H and O–H groups in total. The molecule has 0 aliphatic carbocycles. The molecular weight excluding hydrogens is 176 g/mol. The molecule has 0 amide bonds. The maximum atomic E-state index is 5.05. The van der Waals surface area contributed by atoms with E-state index in [4.69, 9.17) is 4.74 Å². The van der Waals surface area contributed by atoms with Gasteiger partial charge in [0.2, 0.25) is 0 Å². The first kappa shape index (κ1) is 9.21. The molecule has 1 heterocycles. The van der Waals surface area contributed by atoms with Crippen molar-refractivity contribution in [1.29, 1.82) is 0 Å². The summed E-state index contributed by atoms with van der Waals surface area (Å²) < 4.78 is 7.16. The third-order valence-electron chi connectivity index (χ3n) is 2.31. The average molecular weight is 190 g/mol. The zero-order valence-corrected chi connectivity index (χ0v) is 8.53. The molecule has 1 aromatic carbocycles. The molecule has 0 spiro atoms. The highest BCUT2D eigenvalue weighted by Gasteiger charge is 2.01. The van der Waals surface area contributed by atoms with E-state index < -0.39 is 0 Å². The zero-order chi connectivity index (χ0) is 9.97. The fraction of sp³-hybridized carbons (Fsp3) is 0.364. The fourth-order valence-corrected chi connectivity index (χ4v) is 1.53. The fourth-order valence-electron chi connectivity index (χ4n) is 1.53. The van der Waals surface area contributed by atoms with Crippen LogP contribution in [-0.2, 0) is 11.3 Å². The summed E-state index contributed by atoms with van der Waals surface area (Å²) in [4.78, 5) is 4.32. The number of aromatic nitrogens is 2. The van der Waals surface area contributed by atoms with Gasteiger partial charge >= 0.3 is 0 Å². The van der Waals surface area contributed by atoms with Crippen LogP contribution in [0.4, 0.5) is 0 Å². The summed E-state index contributed by atoms with van der Waals surface area (Å²) in [5.74, 6) is 0. The van der Waals surface area contributed by atoms with E-state index in [-0.39, 0.29) is 0 Å². The van der Waals surface area contributed by atoms with E-state index in [0.717, 1.165) is 18.7 Å². The van der Waals surface area contributed by atoms with Gasteiger partial charge < -0.3 is 9.30 Å². The molecule has 14 heavy (non-hydrogen) atoms. The van der Waals surface area contributed by atoms with Gasteiger partial charge in [0.25, 0.3) is 0 Å². The van der Waals surface area contributed by atoms with Crippen LogP contribution < -0.4 is 0 Å². The second-order valence-corrected chi connectivity index (χ2v) is 3.42. The molecule has 2 rings (SSSR count). The smallest absolute Gasteiger partial charge is 0.0959 e. The predicted octanol–water partition coefficient (Wildman–Crippen LogP) is 1.99. The lowest BCUT2D eigenvalue weighted by Crippen LogP contribution is -2.02. The van der Waals surface area contributed by atoms with Gasteiger partial charge in [-0.1, -0.05) is 6.07 Å². The van der Waals surface area contributed by atoms with Gasteiger partial charge in [0.05, 0.1) is 24.0 Å². The molecule has 0 fully saturated rings. The number of aryl methyl sites for hydroxylation is 1. The minimum atomic E-state index is 0.722. The van der Waals surface area contributed by atoms with Gasteiger partial charge in [0.1, 0.15) is 0 Å². The number of hydrogen-bond acceptors (Lipinski definition) is 2. The molecule has 0 saturated carbocycles. The van der Waals surface area contributed by atoms with Crippen LogP contribution in [0.5, 0.6) is 0 Å². The lowest BCUT2D eigenvalue weighted by Gasteiger charge is -2.03. The molecule has 3 nitrogen and oxygen atoms in total. The van der Waals surface area contributed by atoms with Crippen LogP contribution in [0.2, 0.25) is 0 Å². The van der Waals surface area contributed by atoms with Crippen LogP contribution >= 0.6 is 0 Å². The topological polar surface area (TPSA) is 27.1 Å². The minimum absolute atomic E-state index is 0.722. The van der Waals surface area contributed by atoms with Crippen molar-refractivity contribution in [2.75, 3.05) is 13.7 Å². The Balaban J connectivity index is 2.40. The third kappa shape index (κ3) is 1.63. The molecule has 0 saturated heterocycles. The Labute approximate surface area is 83.3 Å². The van der Waals surface area contributed by atoms with Gasteiger partial charge in [0, 0.05) is 13.7 Å². The quantitative estimate of drug-likeness (QED) is 0.740. The second kappa shape index (κ2) is 3.80. The highest BCUT2D eigenvalue weighted by atomic mass is 16.5. The summed E-state index contributed by atoms with van der Waals surface area (Å²) in [6, 6.07) is 6.28. The van der Waals surface area contributed by atoms with E-state index in [1.165, 1.54) is 11.1 Å². The van der Waals surface area contributed by atoms with E-state index in [1.54, 1.807) is 7.11 Å². The summed E-state index contributed by atoms with van der Waals surface area (Å²) in [7, 11) is 1.71. The summed E-state index contributed by atoms with van der Waals surface area (Å²) in [6.07, 6.45) is 1.86. The summed E-state index contributed by atoms with van der Waals surface area (Å²) in [5, 5.41) is 0. The first-order chi connectivity index (χ1) is 6.81. The van der Waals surface area contributed by atoms with Crippen molar-refractivity contribution >= 4 is 11.0 Å². The van der Waals surface area contributed by atoms with Gasteiger partial charge in [-0.2, -0.15) is 0 Å². The number of imidazole rings is 1. The highest BCUT2D eigenvalue weighted by molar-refractivity contribution is 5.75. The third-order valence-corrected chi connectivity index (χ3v) is 2.31. The van der Waals surface area contributed by atoms with Gasteiger partial charge in [-0.25, -0.2) is 4.98 Å². The van der Waals surface area contributed by atoms with E-state index in [9.17, 15) is 0 Å². The summed E-state index contributed by atoms with van der Waals surface area (Å²) in [5.41, 5.74) is 3.49. The SMILES string of the molecule is COCCn1cnc2ccc(C)cc21. The molecule has 0 aliphatic heterocycles. The van der Waals surface area contributed by atoms with Gasteiger partial charge in [-0.3, -0.25) is 0 Å². The molecule has 74 valence electrons. The molecular formula is C11H14N2O. The number of hydrogen-bond donors (Lipinski definition) is 0. The van der Waals surface area contributed by atoms with Crippen molar-refractivity contribution in [3.8, 4) is 0 Å². The molecule has 1 aromatic heterocycles. The Morgan fingerprint density at radius 2 is 2.29 bits per heavy atom. The molecule has 0 radical (unpaired) electrons. The van der Waals surface area contributed by atoms with Crippen molar-refractivity contribution in [3.63, 3.8) is 0 Å². The van der Waals surface area contributed by atoms with Crippen molar-refractivity contribution in [2.24, 2.45) is 0 Å². The van der Waals surface area contributed by atoms with Crippen molar-refractivity contribution in [3.05, 3.63) is 30.1 Å². The Morgan fingerprint density at radius 3 is 3.07 bits per heavy atom. The van der Waals surface area contributed by atoms with Crippen molar-refractivity contribution in [1.82, 2.24) is 9.55 Å². The van der Waals surface area contributed by atoms with Crippen LogP contribution in [0.15, 0.2) is 24.5 Å². The lowest BCUT2D eigenvalue weighted by atomic mass is 10.2. The standard InChI is InChI=1S/C11H14N2O/c1-9-3-4-10-11(7-9)13(8-12-10)5-6-14-2/h3-4,7-8H,5-6H2,1-2H3. The summed E-state index contributed by atoms with van der Waals surface area (Å²) >= 11 is 0. The number of benzene rings is 1. The number of rotatable bonds is 3. The second-order valence-electron chi connectivity index (χ2n) is 3.42. The predicted molar refractivity (Wildman–Crippen MR) is 56.3 cm³/mol. The van der Waals surface area contributed by atoms with Crippen molar-refractivity contribution in [2.45, 2.75) is 13.5 Å². The van der Waals surface area contributed by atoms with E-state index in [0.29, 0.717) is 0 Å². The maximum Gasteiger partial charge on any atom is 0.0959 e. The van der Waals surface area contributed by atoms with Crippen molar-refractivity contribution < 1.29 is 4.74 Å². The Bertz CT molecular complexity index is 434. The van der Waals surface area contributed by atoms with Crippen LogP contribution in [-0.4, -0.2) is 23.3 Å². The van der Waals surface area contributed by atoms with Gasteiger partial charge in [-0.15, -0.1) is 0 Å². The van der Waals surface area contributed by atoms with E-state index >= 15 is 0 Å². The molecule has 3 heteroatoms. The Morgan fingerprint density at radius 1 is 1.43 bits per heavy atom. The first-order valence-electron chi connectivity index (χ1n) is 4.71. The monoisotopic (exact) mass is 190 g/mol. The number of ether oxygens (including phenoxy) is 1. The molecule has 0 unspecified atom stereocenters. The average Bonchev–Trinajstić information content (AvgIpc) is 2.57. The highest BCUT2D eigenvalue weighted by Crippen LogP contribution is 2.14. The lowest BCUT2D eigenvalue weighted by molar-refractivity contribution is 0.188. The molecule has 0 bridgehead atoms.